The first kappa shape index (κ1) is 18.0. The molecule has 0 atom stereocenters. The van der Waals surface area contributed by atoms with Gasteiger partial charge in [0.1, 0.15) is 17.3 Å². The highest BCUT2D eigenvalue weighted by atomic mass is 35.5. The van der Waals surface area contributed by atoms with Gasteiger partial charge in [-0.05, 0) is 18.2 Å². The first-order valence-electron chi connectivity index (χ1n) is 7.22. The van der Waals surface area contributed by atoms with E-state index in [4.69, 9.17) is 20.9 Å². The molecule has 2 heterocycles. The van der Waals surface area contributed by atoms with E-state index in [1.54, 1.807) is 24.3 Å². The Morgan fingerprint density at radius 2 is 2.04 bits per heavy atom. The van der Waals surface area contributed by atoms with Gasteiger partial charge in [0, 0.05) is 6.20 Å². The molecule has 3 rings (SSSR count). The number of nitrogens with zero attached hydrogens (tertiary/aromatic N) is 3. The Bertz CT molecular complexity index is 998. The van der Waals surface area contributed by atoms with E-state index in [0.717, 1.165) is 4.57 Å². The number of benzene rings is 1. The minimum atomic E-state index is -4.64. The van der Waals surface area contributed by atoms with Gasteiger partial charge in [-0.1, -0.05) is 28.9 Å². The van der Waals surface area contributed by atoms with Gasteiger partial charge in [-0.15, -0.1) is 0 Å². The van der Waals surface area contributed by atoms with E-state index >= 15 is 0 Å². The third-order valence-electron chi connectivity index (χ3n) is 3.49. The number of ether oxygens (including phenoxy) is 1. The normalized spacial score (nSPS) is 11.6. The van der Waals surface area contributed by atoms with E-state index in [1.807, 2.05) is 0 Å². The molecule has 136 valence electrons. The van der Waals surface area contributed by atoms with Gasteiger partial charge in [0.2, 0.25) is 11.7 Å². The van der Waals surface area contributed by atoms with Crippen LogP contribution >= 0.6 is 11.6 Å². The maximum atomic E-state index is 12.9. The summed E-state index contributed by atoms with van der Waals surface area (Å²) in [5.74, 6) is 0.631. The Balaban J connectivity index is 1.95. The van der Waals surface area contributed by atoms with Crippen LogP contribution in [0.5, 0.6) is 5.75 Å². The number of halogens is 4. The van der Waals surface area contributed by atoms with Crippen molar-refractivity contribution < 1.29 is 22.4 Å². The number of rotatable bonds is 4. The molecule has 0 N–H and O–H groups in total. The van der Waals surface area contributed by atoms with Crippen molar-refractivity contribution in [2.75, 3.05) is 7.11 Å². The van der Waals surface area contributed by atoms with Crippen LogP contribution in [0.1, 0.15) is 11.5 Å². The van der Waals surface area contributed by atoms with E-state index in [-0.39, 0.29) is 18.3 Å². The molecule has 0 amide bonds. The summed E-state index contributed by atoms with van der Waals surface area (Å²) in [5.41, 5.74) is -1.30. The zero-order valence-electron chi connectivity index (χ0n) is 13.2. The van der Waals surface area contributed by atoms with Crippen molar-refractivity contribution in [3.8, 4) is 17.1 Å². The Kier molecular flexibility index (Phi) is 4.73. The topological polar surface area (TPSA) is 70.2 Å². The van der Waals surface area contributed by atoms with Gasteiger partial charge in [0.05, 0.1) is 18.2 Å². The van der Waals surface area contributed by atoms with Gasteiger partial charge in [-0.25, -0.2) is 0 Å². The second-order valence-electron chi connectivity index (χ2n) is 5.22. The molecule has 0 saturated heterocycles. The molecule has 0 aliphatic heterocycles. The standard InChI is InChI=1S/C16H11ClF3N3O3/c1-25-12-5-3-2-4-10(12)14-21-13(26-22-14)8-23-7-9(16(18,19)20)6-11(17)15(23)24/h2-7H,8H2,1H3. The molecule has 2 aromatic heterocycles. The van der Waals surface area contributed by atoms with Crippen molar-refractivity contribution in [2.24, 2.45) is 0 Å². The SMILES string of the molecule is COc1ccccc1-c1noc(Cn2cc(C(F)(F)F)cc(Cl)c2=O)n1. The van der Waals surface area contributed by atoms with Gasteiger partial charge in [-0.2, -0.15) is 18.2 Å². The fourth-order valence-corrected chi connectivity index (χ4v) is 2.50. The lowest BCUT2D eigenvalue weighted by molar-refractivity contribution is -0.138. The van der Waals surface area contributed by atoms with Crippen molar-refractivity contribution in [1.82, 2.24) is 14.7 Å². The summed E-state index contributed by atoms with van der Waals surface area (Å²) >= 11 is 5.62. The van der Waals surface area contributed by atoms with Gasteiger partial charge >= 0.3 is 6.18 Å². The fraction of sp³-hybridized carbons (Fsp3) is 0.188. The van der Waals surface area contributed by atoms with Crippen molar-refractivity contribution >= 4 is 11.6 Å². The molecule has 0 radical (unpaired) electrons. The van der Waals surface area contributed by atoms with Crippen molar-refractivity contribution in [1.29, 1.82) is 0 Å². The molecule has 0 aliphatic carbocycles. The average Bonchev–Trinajstić information content (AvgIpc) is 3.06. The van der Waals surface area contributed by atoms with E-state index in [0.29, 0.717) is 23.6 Å². The molecule has 0 saturated carbocycles. The van der Waals surface area contributed by atoms with Crippen LogP contribution in [0.3, 0.4) is 0 Å². The molecule has 3 aromatic rings. The van der Waals surface area contributed by atoms with Crippen LogP contribution in [0.25, 0.3) is 11.4 Å². The third-order valence-corrected chi connectivity index (χ3v) is 3.76. The van der Waals surface area contributed by atoms with Crippen LogP contribution in [-0.4, -0.2) is 21.8 Å². The number of aromatic nitrogens is 3. The van der Waals surface area contributed by atoms with Crippen LogP contribution in [-0.2, 0) is 12.7 Å². The Morgan fingerprint density at radius 1 is 1.31 bits per heavy atom. The van der Waals surface area contributed by atoms with Gasteiger partial charge in [-0.3, -0.25) is 4.79 Å². The molecule has 0 bridgehead atoms. The molecule has 0 unspecified atom stereocenters. The molecule has 1 aromatic carbocycles. The number of methoxy groups -OCH3 is 1. The maximum absolute atomic E-state index is 12.9. The predicted octanol–water partition coefficient (Wildman–Crippen LogP) is 3.63. The largest absolute Gasteiger partial charge is 0.496 e. The van der Waals surface area contributed by atoms with Crippen LogP contribution in [0.15, 0.2) is 45.8 Å². The summed E-state index contributed by atoms with van der Waals surface area (Å²) in [6.45, 7) is -0.357. The van der Waals surface area contributed by atoms with Crippen molar-refractivity contribution in [3.63, 3.8) is 0 Å². The first-order chi connectivity index (χ1) is 12.3. The lowest BCUT2D eigenvalue weighted by Crippen LogP contribution is -2.23. The lowest BCUT2D eigenvalue weighted by atomic mass is 10.2. The quantitative estimate of drug-likeness (QED) is 0.686. The molecular weight excluding hydrogens is 375 g/mol. The summed E-state index contributed by atoms with van der Waals surface area (Å²) in [5, 5.41) is 3.23. The zero-order chi connectivity index (χ0) is 18.9. The highest BCUT2D eigenvalue weighted by Gasteiger charge is 2.32. The first-order valence-corrected chi connectivity index (χ1v) is 7.60. The zero-order valence-corrected chi connectivity index (χ0v) is 14.0. The van der Waals surface area contributed by atoms with Crippen LogP contribution < -0.4 is 10.3 Å². The Morgan fingerprint density at radius 3 is 2.73 bits per heavy atom. The average molecular weight is 386 g/mol. The predicted molar refractivity (Wildman–Crippen MR) is 86.1 cm³/mol. The summed E-state index contributed by atoms with van der Waals surface area (Å²) in [6, 6.07) is 7.47. The van der Waals surface area contributed by atoms with Crippen LogP contribution in [0, 0.1) is 0 Å². The Hall–Kier alpha value is -2.81. The summed E-state index contributed by atoms with van der Waals surface area (Å²) < 4.78 is 49.7. The molecule has 10 heteroatoms. The number of hydrogen-bond donors (Lipinski definition) is 0. The fourth-order valence-electron chi connectivity index (χ4n) is 2.28. The highest BCUT2D eigenvalue weighted by Crippen LogP contribution is 2.30. The number of para-hydroxylation sites is 1. The lowest BCUT2D eigenvalue weighted by Gasteiger charge is -2.10. The van der Waals surface area contributed by atoms with E-state index < -0.39 is 22.3 Å². The minimum Gasteiger partial charge on any atom is -0.496 e. The van der Waals surface area contributed by atoms with Crippen LogP contribution in [0.4, 0.5) is 13.2 Å². The monoisotopic (exact) mass is 385 g/mol. The summed E-state index contributed by atoms with van der Waals surface area (Å²) in [6.07, 6.45) is -3.99. The molecule has 6 nitrogen and oxygen atoms in total. The molecular formula is C16H11ClF3N3O3. The maximum Gasteiger partial charge on any atom is 0.417 e. The third kappa shape index (κ3) is 3.57. The van der Waals surface area contributed by atoms with Gasteiger partial charge in [0.15, 0.2) is 0 Å². The highest BCUT2D eigenvalue weighted by molar-refractivity contribution is 6.30. The second kappa shape index (κ2) is 6.83. The smallest absolute Gasteiger partial charge is 0.417 e. The molecule has 0 aliphatic rings. The number of pyridine rings is 1. The number of hydrogen-bond acceptors (Lipinski definition) is 5. The van der Waals surface area contributed by atoms with Gasteiger partial charge < -0.3 is 13.8 Å². The number of alkyl halides is 3. The van der Waals surface area contributed by atoms with E-state index in [1.165, 1.54) is 7.11 Å². The molecule has 26 heavy (non-hydrogen) atoms. The van der Waals surface area contributed by atoms with E-state index in [2.05, 4.69) is 10.1 Å². The molecule has 0 spiro atoms. The van der Waals surface area contributed by atoms with E-state index in [9.17, 15) is 18.0 Å². The van der Waals surface area contributed by atoms with Crippen LogP contribution in [0.2, 0.25) is 5.02 Å². The summed E-state index contributed by atoms with van der Waals surface area (Å²) in [4.78, 5) is 16.1. The summed E-state index contributed by atoms with van der Waals surface area (Å²) in [7, 11) is 1.48. The minimum absolute atomic E-state index is 0.0524. The van der Waals surface area contributed by atoms with Crippen molar-refractivity contribution in [3.05, 3.63) is 63.4 Å². The van der Waals surface area contributed by atoms with Crippen molar-refractivity contribution in [2.45, 2.75) is 12.7 Å². The molecule has 0 fully saturated rings. The van der Waals surface area contributed by atoms with Gasteiger partial charge in [0.25, 0.3) is 5.56 Å². The Labute approximate surface area is 149 Å². The second-order valence-corrected chi connectivity index (χ2v) is 5.63.